The first-order valence-corrected chi connectivity index (χ1v) is 10.2. The molecule has 28 heavy (non-hydrogen) atoms. The van der Waals surface area contributed by atoms with Crippen molar-refractivity contribution in [2.75, 3.05) is 7.11 Å². The Morgan fingerprint density at radius 2 is 1.75 bits per heavy atom. The molecular weight excluding hydrogens is 380 g/mol. The van der Waals surface area contributed by atoms with Crippen molar-refractivity contribution in [2.45, 2.75) is 24.2 Å². The fraction of sp³-hybridized carbons (Fsp3) is 0.200. The Morgan fingerprint density at radius 1 is 1.07 bits per heavy atom. The summed E-state index contributed by atoms with van der Waals surface area (Å²) in [5.74, 6) is 0.791. The number of ether oxygens (including phenoxy) is 1. The first kappa shape index (κ1) is 19.8. The van der Waals surface area contributed by atoms with E-state index < -0.39 is 10.0 Å². The second-order valence-electron chi connectivity index (χ2n) is 6.15. The molecule has 0 fully saturated rings. The molecule has 3 rings (SSSR count). The normalized spacial score (nSPS) is 11.4. The van der Waals surface area contributed by atoms with E-state index in [1.807, 2.05) is 30.3 Å². The van der Waals surface area contributed by atoms with Crippen LogP contribution in [0.1, 0.15) is 18.7 Å². The lowest BCUT2D eigenvalue weighted by Gasteiger charge is -2.03. The summed E-state index contributed by atoms with van der Waals surface area (Å²) in [6, 6.07) is 15.6. The Morgan fingerprint density at radius 3 is 2.36 bits per heavy atom. The van der Waals surface area contributed by atoms with E-state index >= 15 is 0 Å². The van der Waals surface area contributed by atoms with E-state index in [-0.39, 0.29) is 17.3 Å². The SMILES string of the molecule is COC(=O)CCCc1nc(-c2ccc(S(N)(=O)=O)cc2)c(-c2ccccc2)o1. The summed E-state index contributed by atoms with van der Waals surface area (Å²) in [5.41, 5.74) is 2.15. The first-order valence-electron chi connectivity index (χ1n) is 8.63. The summed E-state index contributed by atoms with van der Waals surface area (Å²) in [7, 11) is -2.42. The Hall–Kier alpha value is -2.97. The van der Waals surface area contributed by atoms with Crippen molar-refractivity contribution in [3.05, 3.63) is 60.5 Å². The second kappa shape index (κ2) is 8.37. The van der Waals surface area contributed by atoms with Crippen LogP contribution in [-0.4, -0.2) is 26.5 Å². The van der Waals surface area contributed by atoms with Crippen molar-refractivity contribution >= 4 is 16.0 Å². The Labute approximate surface area is 163 Å². The van der Waals surface area contributed by atoms with E-state index in [1.165, 1.54) is 19.2 Å². The van der Waals surface area contributed by atoms with Gasteiger partial charge in [-0.1, -0.05) is 42.5 Å². The van der Waals surface area contributed by atoms with Gasteiger partial charge in [0.05, 0.1) is 12.0 Å². The van der Waals surface area contributed by atoms with Crippen molar-refractivity contribution in [2.24, 2.45) is 5.14 Å². The number of primary sulfonamides is 1. The van der Waals surface area contributed by atoms with Gasteiger partial charge in [0.15, 0.2) is 11.7 Å². The summed E-state index contributed by atoms with van der Waals surface area (Å²) in [5, 5.41) is 5.16. The topological polar surface area (TPSA) is 112 Å². The average Bonchev–Trinajstić information content (AvgIpc) is 3.12. The highest BCUT2D eigenvalue weighted by molar-refractivity contribution is 7.89. The summed E-state index contributed by atoms with van der Waals surface area (Å²) < 4.78 is 33.6. The van der Waals surface area contributed by atoms with Crippen LogP contribution in [0, 0.1) is 0 Å². The summed E-state index contributed by atoms with van der Waals surface area (Å²) in [4.78, 5) is 15.9. The number of aromatic nitrogens is 1. The van der Waals surface area contributed by atoms with Crippen LogP contribution in [0.25, 0.3) is 22.6 Å². The number of nitrogens with two attached hydrogens (primary N) is 1. The molecular formula is C20H20N2O5S. The van der Waals surface area contributed by atoms with E-state index in [2.05, 4.69) is 9.72 Å². The highest BCUT2D eigenvalue weighted by Crippen LogP contribution is 2.33. The number of aryl methyl sites for hydroxylation is 1. The number of carbonyl (C=O) groups is 1. The number of nitrogens with zero attached hydrogens (tertiary/aromatic N) is 1. The maximum Gasteiger partial charge on any atom is 0.305 e. The fourth-order valence-corrected chi connectivity index (χ4v) is 3.26. The minimum atomic E-state index is -3.77. The van der Waals surface area contributed by atoms with E-state index in [0.29, 0.717) is 35.7 Å². The van der Waals surface area contributed by atoms with Crippen LogP contribution in [0.15, 0.2) is 63.9 Å². The third kappa shape index (κ3) is 4.65. The molecule has 7 nitrogen and oxygen atoms in total. The summed E-state index contributed by atoms with van der Waals surface area (Å²) in [6.07, 6.45) is 1.30. The minimum Gasteiger partial charge on any atom is -0.469 e. The molecule has 0 aliphatic carbocycles. The molecule has 1 heterocycles. The first-order chi connectivity index (χ1) is 13.4. The third-order valence-corrected chi connectivity index (χ3v) is 5.09. The smallest absolute Gasteiger partial charge is 0.305 e. The molecule has 2 aromatic carbocycles. The van der Waals surface area contributed by atoms with Gasteiger partial charge in [0.25, 0.3) is 0 Å². The largest absolute Gasteiger partial charge is 0.469 e. The molecule has 3 aromatic rings. The number of carbonyl (C=O) groups excluding carboxylic acids is 1. The second-order valence-corrected chi connectivity index (χ2v) is 7.71. The van der Waals surface area contributed by atoms with Crippen molar-refractivity contribution < 1.29 is 22.4 Å². The molecule has 0 saturated carbocycles. The van der Waals surface area contributed by atoms with Crippen LogP contribution in [0.2, 0.25) is 0 Å². The van der Waals surface area contributed by atoms with Crippen LogP contribution in [0.3, 0.4) is 0 Å². The number of oxazole rings is 1. The number of hydrogen-bond acceptors (Lipinski definition) is 6. The Bertz CT molecular complexity index is 1060. The molecule has 146 valence electrons. The van der Waals surface area contributed by atoms with E-state index in [0.717, 1.165) is 5.56 Å². The molecule has 0 aliphatic heterocycles. The third-order valence-electron chi connectivity index (χ3n) is 4.16. The Balaban J connectivity index is 1.95. The quantitative estimate of drug-likeness (QED) is 0.610. The monoisotopic (exact) mass is 400 g/mol. The van der Waals surface area contributed by atoms with E-state index in [1.54, 1.807) is 12.1 Å². The minimum absolute atomic E-state index is 0.0271. The molecule has 8 heteroatoms. The standard InChI is InChI=1S/C20H20N2O5S/c1-26-18(23)9-5-8-17-22-19(20(27-17)15-6-3-2-4-7-15)14-10-12-16(13-11-14)28(21,24)25/h2-4,6-7,10-13H,5,8-9H2,1H3,(H2,21,24,25). The summed E-state index contributed by atoms with van der Waals surface area (Å²) >= 11 is 0. The van der Waals surface area contributed by atoms with Gasteiger partial charge in [0, 0.05) is 24.0 Å². The number of methoxy groups -OCH3 is 1. The predicted octanol–water partition coefficient (Wildman–Crippen LogP) is 3.15. The van der Waals surface area contributed by atoms with Crippen molar-refractivity contribution in [1.82, 2.24) is 4.98 Å². The molecule has 0 aliphatic rings. The highest BCUT2D eigenvalue weighted by atomic mass is 32.2. The van der Waals surface area contributed by atoms with Gasteiger partial charge < -0.3 is 9.15 Å². The summed E-state index contributed by atoms with van der Waals surface area (Å²) in [6.45, 7) is 0. The van der Waals surface area contributed by atoms with Crippen LogP contribution >= 0.6 is 0 Å². The molecule has 2 N–H and O–H groups in total. The zero-order valence-electron chi connectivity index (χ0n) is 15.3. The van der Waals surface area contributed by atoms with Crippen LogP contribution in [0.5, 0.6) is 0 Å². The Kier molecular flexibility index (Phi) is 5.91. The lowest BCUT2D eigenvalue weighted by molar-refractivity contribution is -0.140. The van der Waals surface area contributed by atoms with Gasteiger partial charge in [-0.15, -0.1) is 0 Å². The lowest BCUT2D eigenvalue weighted by Crippen LogP contribution is -2.11. The number of benzene rings is 2. The molecule has 0 unspecified atom stereocenters. The molecule has 0 saturated heterocycles. The van der Waals surface area contributed by atoms with Crippen molar-refractivity contribution in [3.63, 3.8) is 0 Å². The fourth-order valence-electron chi connectivity index (χ4n) is 2.74. The molecule has 0 spiro atoms. The van der Waals surface area contributed by atoms with E-state index in [9.17, 15) is 13.2 Å². The van der Waals surface area contributed by atoms with E-state index in [4.69, 9.17) is 9.56 Å². The molecule has 0 atom stereocenters. The molecule has 0 radical (unpaired) electrons. The van der Waals surface area contributed by atoms with Crippen LogP contribution < -0.4 is 5.14 Å². The van der Waals surface area contributed by atoms with Gasteiger partial charge in [-0.3, -0.25) is 4.79 Å². The van der Waals surface area contributed by atoms with Crippen LogP contribution in [0.4, 0.5) is 0 Å². The lowest BCUT2D eigenvalue weighted by atomic mass is 10.1. The van der Waals surface area contributed by atoms with Gasteiger partial charge in [-0.05, 0) is 18.6 Å². The zero-order chi connectivity index (χ0) is 20.1. The molecule has 0 amide bonds. The van der Waals surface area contributed by atoms with Gasteiger partial charge in [0.2, 0.25) is 10.0 Å². The van der Waals surface area contributed by atoms with Gasteiger partial charge >= 0.3 is 5.97 Å². The number of rotatable bonds is 7. The van der Waals surface area contributed by atoms with Gasteiger partial charge in [-0.2, -0.15) is 0 Å². The number of sulfonamides is 1. The maximum atomic E-state index is 11.5. The maximum absolute atomic E-state index is 11.5. The highest BCUT2D eigenvalue weighted by Gasteiger charge is 2.18. The van der Waals surface area contributed by atoms with Crippen molar-refractivity contribution in [1.29, 1.82) is 0 Å². The van der Waals surface area contributed by atoms with Gasteiger partial charge in [0.1, 0.15) is 5.69 Å². The number of esters is 1. The molecule has 1 aromatic heterocycles. The van der Waals surface area contributed by atoms with Crippen LogP contribution in [-0.2, 0) is 26.0 Å². The average molecular weight is 400 g/mol. The predicted molar refractivity (Wildman–Crippen MR) is 104 cm³/mol. The molecule has 0 bridgehead atoms. The van der Waals surface area contributed by atoms with Crippen molar-refractivity contribution in [3.8, 4) is 22.6 Å². The number of hydrogen-bond donors (Lipinski definition) is 1. The zero-order valence-corrected chi connectivity index (χ0v) is 16.1. The van der Waals surface area contributed by atoms with Gasteiger partial charge in [-0.25, -0.2) is 18.5 Å².